The molecule has 4 rings (SSSR count). The lowest BCUT2D eigenvalue weighted by molar-refractivity contribution is -0.123. The van der Waals surface area contributed by atoms with Crippen LogP contribution in [0.5, 0.6) is 11.6 Å². The summed E-state index contributed by atoms with van der Waals surface area (Å²) in [5.74, 6) is 0.523. The van der Waals surface area contributed by atoms with Crippen LogP contribution in [0.2, 0.25) is 0 Å². The molecule has 2 heterocycles. The Bertz CT molecular complexity index is 1090. The van der Waals surface area contributed by atoms with Gasteiger partial charge < -0.3 is 14.8 Å². The number of pyridine rings is 1. The van der Waals surface area contributed by atoms with Gasteiger partial charge in [-0.2, -0.15) is 10.1 Å². The molecule has 0 aliphatic heterocycles. The van der Waals surface area contributed by atoms with Crippen LogP contribution < -0.4 is 14.8 Å². The molecule has 0 saturated heterocycles. The number of rotatable bonds is 8. The Kier molecular flexibility index (Phi) is 5.75. The number of amides is 1. The number of methoxy groups -OCH3 is 1. The van der Waals surface area contributed by atoms with Crippen LogP contribution >= 0.6 is 0 Å². The van der Waals surface area contributed by atoms with Gasteiger partial charge in [0.05, 0.1) is 24.2 Å². The fraction of sp³-hybridized carbons (Fsp3) is 0.409. The van der Waals surface area contributed by atoms with E-state index >= 15 is 0 Å². The van der Waals surface area contributed by atoms with Gasteiger partial charge in [-0.05, 0) is 37.5 Å². The van der Waals surface area contributed by atoms with E-state index < -0.39 is 6.43 Å². The predicted molar refractivity (Wildman–Crippen MR) is 110 cm³/mol. The lowest BCUT2D eigenvalue weighted by Crippen LogP contribution is -2.31. The van der Waals surface area contributed by atoms with E-state index in [1.807, 2.05) is 31.2 Å². The minimum atomic E-state index is -2.70. The number of benzene rings is 1. The highest BCUT2D eigenvalue weighted by molar-refractivity contribution is 5.84. The Hall–Kier alpha value is -3.23. The molecule has 7 nitrogen and oxygen atoms in total. The molecule has 1 saturated carbocycles. The Morgan fingerprint density at radius 3 is 2.61 bits per heavy atom. The number of hydrogen-bond acceptors (Lipinski definition) is 5. The largest absolute Gasteiger partial charge is 0.497 e. The maximum absolute atomic E-state index is 13.8. The number of nitrogens with one attached hydrogen (secondary N) is 1. The quantitative estimate of drug-likeness (QED) is 0.583. The Labute approximate surface area is 178 Å². The van der Waals surface area contributed by atoms with Gasteiger partial charge in [-0.15, -0.1) is 0 Å². The van der Waals surface area contributed by atoms with Crippen molar-refractivity contribution in [3.8, 4) is 11.6 Å². The Morgan fingerprint density at radius 1 is 1.29 bits per heavy atom. The second-order valence-electron chi connectivity index (χ2n) is 7.68. The third kappa shape index (κ3) is 4.45. The molecule has 164 valence electrons. The summed E-state index contributed by atoms with van der Waals surface area (Å²) >= 11 is 0. The molecule has 1 atom stereocenters. The molecule has 1 aromatic carbocycles. The van der Waals surface area contributed by atoms with Crippen LogP contribution in [0.3, 0.4) is 0 Å². The second-order valence-corrected chi connectivity index (χ2v) is 7.68. The van der Waals surface area contributed by atoms with Crippen LogP contribution in [0.4, 0.5) is 8.78 Å². The number of nitrogens with zero attached hydrogens (tertiary/aromatic N) is 3. The predicted octanol–water partition coefficient (Wildman–Crippen LogP) is 4.05. The number of hydrogen-bond donors (Lipinski definition) is 1. The van der Waals surface area contributed by atoms with Gasteiger partial charge in [0.25, 0.3) is 12.3 Å². The summed E-state index contributed by atoms with van der Waals surface area (Å²) in [6, 6.07) is 8.28. The first kappa shape index (κ1) is 21.0. The fourth-order valence-corrected chi connectivity index (χ4v) is 3.57. The van der Waals surface area contributed by atoms with Crippen molar-refractivity contribution < 1.29 is 23.0 Å². The van der Waals surface area contributed by atoms with Crippen LogP contribution in [0.1, 0.15) is 55.0 Å². The highest BCUT2D eigenvalue weighted by Gasteiger charge is 2.32. The first-order valence-corrected chi connectivity index (χ1v) is 10.1. The molecule has 31 heavy (non-hydrogen) atoms. The number of aryl methyl sites for hydroxylation is 1. The topological polar surface area (TPSA) is 78.3 Å². The van der Waals surface area contributed by atoms with Gasteiger partial charge in [0.1, 0.15) is 5.75 Å². The molecule has 9 heteroatoms. The molecule has 0 radical (unpaired) electrons. The number of ether oxygens (including phenoxy) is 2. The van der Waals surface area contributed by atoms with E-state index in [0.717, 1.165) is 24.2 Å². The van der Waals surface area contributed by atoms with E-state index in [2.05, 4.69) is 15.4 Å². The summed E-state index contributed by atoms with van der Waals surface area (Å²) in [5, 5.41) is 7.61. The van der Waals surface area contributed by atoms with E-state index in [1.165, 1.54) is 10.7 Å². The molecule has 1 amide bonds. The van der Waals surface area contributed by atoms with E-state index in [0.29, 0.717) is 16.7 Å². The van der Waals surface area contributed by atoms with Crippen molar-refractivity contribution in [3.63, 3.8) is 0 Å². The molecule has 1 fully saturated rings. The van der Waals surface area contributed by atoms with Gasteiger partial charge in [-0.1, -0.05) is 12.1 Å². The first-order chi connectivity index (χ1) is 14.9. The molecule has 0 bridgehead atoms. The monoisotopic (exact) mass is 430 g/mol. The molecule has 3 aromatic rings. The van der Waals surface area contributed by atoms with Gasteiger partial charge in [0.2, 0.25) is 5.88 Å². The van der Waals surface area contributed by atoms with Crippen LogP contribution in [-0.4, -0.2) is 34.4 Å². The smallest absolute Gasteiger partial charge is 0.264 e. The van der Waals surface area contributed by atoms with Crippen molar-refractivity contribution >= 4 is 16.9 Å². The number of halogens is 2. The standard InChI is InChI=1S/C22H24F2N4O3/c1-12(13-6-8-15(30-3)9-7-13)25-17(29)11-31-18-10-16(21(23)24)19-20(14-4-5-14)27-28(2)22(19)26-18/h6-10,12,14,21H,4-5,11H2,1-3H3,(H,25,29)/t12-/m0/s1. The molecular formula is C22H24F2N4O3. The Balaban J connectivity index is 1.47. The highest BCUT2D eigenvalue weighted by atomic mass is 19.3. The molecular weight excluding hydrogens is 406 g/mol. The third-order valence-electron chi connectivity index (χ3n) is 5.37. The zero-order valence-electron chi connectivity index (χ0n) is 17.6. The van der Waals surface area contributed by atoms with Crippen molar-refractivity contribution in [1.82, 2.24) is 20.1 Å². The van der Waals surface area contributed by atoms with Crippen molar-refractivity contribution in [2.24, 2.45) is 7.05 Å². The van der Waals surface area contributed by atoms with Gasteiger partial charge >= 0.3 is 0 Å². The highest BCUT2D eigenvalue weighted by Crippen LogP contribution is 2.44. The number of aromatic nitrogens is 3. The zero-order valence-corrected chi connectivity index (χ0v) is 17.6. The van der Waals surface area contributed by atoms with Crippen LogP contribution in [0.15, 0.2) is 30.3 Å². The molecule has 1 N–H and O–H groups in total. The molecule has 0 unspecified atom stereocenters. The van der Waals surface area contributed by atoms with Gasteiger partial charge in [0, 0.05) is 24.6 Å². The van der Waals surface area contributed by atoms with Crippen LogP contribution in [0.25, 0.3) is 11.0 Å². The van der Waals surface area contributed by atoms with E-state index in [9.17, 15) is 13.6 Å². The second kappa shape index (κ2) is 8.49. The number of carbonyl (C=O) groups excluding carboxylic acids is 1. The van der Waals surface area contributed by atoms with Crippen molar-refractivity contribution in [3.05, 3.63) is 47.2 Å². The zero-order chi connectivity index (χ0) is 22.1. The van der Waals surface area contributed by atoms with Crippen molar-refractivity contribution in [2.75, 3.05) is 13.7 Å². The SMILES string of the molecule is COc1ccc([C@H](C)NC(=O)COc2cc(C(F)F)c3c(C4CC4)nn(C)c3n2)cc1. The lowest BCUT2D eigenvalue weighted by atomic mass is 10.1. The Morgan fingerprint density at radius 2 is 2.00 bits per heavy atom. The summed E-state index contributed by atoms with van der Waals surface area (Å²) in [4.78, 5) is 16.6. The number of alkyl halides is 2. The van der Waals surface area contributed by atoms with E-state index in [4.69, 9.17) is 9.47 Å². The number of carbonyl (C=O) groups is 1. The molecule has 1 aliphatic carbocycles. The van der Waals surface area contributed by atoms with Crippen molar-refractivity contribution in [2.45, 2.75) is 38.2 Å². The molecule has 0 spiro atoms. The summed E-state index contributed by atoms with van der Waals surface area (Å²) in [7, 11) is 3.25. The van der Waals surface area contributed by atoms with Crippen LogP contribution in [0, 0.1) is 0 Å². The average molecular weight is 430 g/mol. The van der Waals surface area contributed by atoms with Gasteiger partial charge in [-0.3, -0.25) is 9.48 Å². The van der Waals surface area contributed by atoms with E-state index in [1.54, 1.807) is 14.2 Å². The van der Waals surface area contributed by atoms with Crippen LogP contribution in [-0.2, 0) is 11.8 Å². The maximum atomic E-state index is 13.8. The third-order valence-corrected chi connectivity index (χ3v) is 5.37. The molecule has 2 aromatic heterocycles. The summed E-state index contributed by atoms with van der Waals surface area (Å²) in [6.07, 6.45) is -0.808. The minimum Gasteiger partial charge on any atom is -0.497 e. The molecule has 1 aliphatic rings. The summed E-state index contributed by atoms with van der Waals surface area (Å²) in [5.41, 5.74) is 1.73. The maximum Gasteiger partial charge on any atom is 0.264 e. The fourth-order valence-electron chi connectivity index (χ4n) is 3.57. The number of fused-ring (bicyclic) bond motifs is 1. The van der Waals surface area contributed by atoms with Crippen molar-refractivity contribution in [1.29, 1.82) is 0 Å². The first-order valence-electron chi connectivity index (χ1n) is 10.1. The van der Waals surface area contributed by atoms with Gasteiger partial charge in [0.15, 0.2) is 12.3 Å². The normalized spacial score (nSPS) is 14.6. The summed E-state index contributed by atoms with van der Waals surface area (Å²) < 4.78 is 39.6. The minimum absolute atomic E-state index is 0.0274. The lowest BCUT2D eigenvalue weighted by Gasteiger charge is -2.15. The van der Waals surface area contributed by atoms with E-state index in [-0.39, 0.29) is 35.9 Å². The average Bonchev–Trinajstić information content (AvgIpc) is 3.55. The van der Waals surface area contributed by atoms with Gasteiger partial charge in [-0.25, -0.2) is 8.78 Å². The summed E-state index contributed by atoms with van der Waals surface area (Å²) in [6.45, 7) is 1.50.